The fourth-order valence-corrected chi connectivity index (χ4v) is 2.10. The van der Waals surface area contributed by atoms with Crippen LogP contribution in [0.5, 0.6) is 0 Å². The number of hydrogen-bond donors (Lipinski definition) is 1. The lowest BCUT2D eigenvalue weighted by Gasteiger charge is -2.01. The van der Waals surface area contributed by atoms with Crippen LogP contribution in [0.3, 0.4) is 0 Å². The van der Waals surface area contributed by atoms with Crippen LogP contribution in [-0.2, 0) is 6.54 Å². The number of rotatable bonds is 9. The van der Waals surface area contributed by atoms with Gasteiger partial charge in [-0.3, -0.25) is 0 Å². The number of nitrogens with zero attached hydrogens (tertiary/aromatic N) is 1. The molecule has 0 aliphatic rings. The highest BCUT2D eigenvalue weighted by atomic mass is 15.0. The SMILES string of the molecule is CCCCCCCCCC[n+]1cc[nH]c1C. The molecule has 0 unspecified atom stereocenters. The third-order valence-electron chi connectivity index (χ3n) is 3.23. The molecule has 0 saturated heterocycles. The minimum absolute atomic E-state index is 1.17. The van der Waals surface area contributed by atoms with Gasteiger partial charge >= 0.3 is 0 Å². The maximum atomic E-state index is 3.21. The Morgan fingerprint density at radius 2 is 1.62 bits per heavy atom. The zero-order chi connectivity index (χ0) is 11.6. The van der Waals surface area contributed by atoms with Crippen molar-refractivity contribution < 1.29 is 4.57 Å². The van der Waals surface area contributed by atoms with Crippen LogP contribution in [0.1, 0.15) is 64.1 Å². The molecule has 0 fully saturated rings. The molecule has 1 rings (SSSR count). The first-order valence-corrected chi connectivity index (χ1v) is 6.88. The molecule has 1 aromatic heterocycles. The van der Waals surface area contributed by atoms with Crippen LogP contribution in [0.4, 0.5) is 0 Å². The molecule has 0 aliphatic heterocycles. The van der Waals surface area contributed by atoms with E-state index in [1.807, 2.05) is 6.20 Å². The summed E-state index contributed by atoms with van der Waals surface area (Å²) >= 11 is 0. The van der Waals surface area contributed by atoms with E-state index in [0.717, 1.165) is 0 Å². The van der Waals surface area contributed by atoms with Gasteiger partial charge in [-0.25, -0.2) is 9.55 Å². The Kier molecular flexibility index (Phi) is 6.95. The second kappa shape index (κ2) is 8.37. The molecule has 0 radical (unpaired) electrons. The molecule has 1 N–H and O–H groups in total. The topological polar surface area (TPSA) is 19.7 Å². The number of aromatic amines is 1. The molecule has 1 heterocycles. The molecule has 0 aliphatic carbocycles. The standard InChI is InChI=1S/C14H26N2/c1-3-4-5-6-7-8-9-10-12-16-13-11-15-14(16)2/h11,13H,3-10,12H2,1-2H3/p+1. The highest BCUT2D eigenvalue weighted by Gasteiger charge is 2.02. The van der Waals surface area contributed by atoms with Crippen molar-refractivity contribution in [1.82, 2.24) is 4.98 Å². The number of aromatic nitrogens is 2. The summed E-state index contributed by atoms with van der Waals surface area (Å²) in [6.45, 7) is 5.57. The maximum absolute atomic E-state index is 3.21. The average Bonchev–Trinajstić information content (AvgIpc) is 2.68. The van der Waals surface area contributed by atoms with Gasteiger partial charge in [-0.2, -0.15) is 0 Å². The molecule has 0 atom stereocenters. The van der Waals surface area contributed by atoms with Gasteiger partial charge in [0.15, 0.2) is 0 Å². The quantitative estimate of drug-likeness (QED) is 0.486. The highest BCUT2D eigenvalue weighted by molar-refractivity contribution is 4.70. The van der Waals surface area contributed by atoms with Gasteiger partial charge in [-0.05, 0) is 12.8 Å². The fourth-order valence-electron chi connectivity index (χ4n) is 2.10. The first kappa shape index (κ1) is 13.3. The van der Waals surface area contributed by atoms with E-state index in [2.05, 4.69) is 29.6 Å². The molecule has 0 amide bonds. The minimum atomic E-state index is 1.17. The Morgan fingerprint density at radius 1 is 1.00 bits per heavy atom. The van der Waals surface area contributed by atoms with Gasteiger partial charge in [0.05, 0.1) is 6.54 Å². The van der Waals surface area contributed by atoms with Gasteiger partial charge in [0.1, 0.15) is 12.4 Å². The summed E-state index contributed by atoms with van der Waals surface area (Å²) < 4.78 is 2.30. The molecule has 0 saturated carbocycles. The van der Waals surface area contributed by atoms with Crippen LogP contribution in [0.25, 0.3) is 0 Å². The highest BCUT2D eigenvalue weighted by Crippen LogP contribution is 2.08. The Hall–Kier alpha value is -0.790. The number of aryl methyl sites for hydroxylation is 2. The van der Waals surface area contributed by atoms with Crippen LogP contribution in [-0.4, -0.2) is 4.98 Å². The van der Waals surface area contributed by atoms with Crippen molar-refractivity contribution in [3.05, 3.63) is 18.2 Å². The summed E-state index contributed by atoms with van der Waals surface area (Å²) in [4.78, 5) is 3.21. The minimum Gasteiger partial charge on any atom is -0.248 e. The third kappa shape index (κ3) is 5.34. The Labute approximate surface area is 100 Å². The van der Waals surface area contributed by atoms with E-state index in [0.29, 0.717) is 0 Å². The van der Waals surface area contributed by atoms with Crippen molar-refractivity contribution in [2.45, 2.75) is 71.8 Å². The van der Waals surface area contributed by atoms with Gasteiger partial charge in [0.2, 0.25) is 0 Å². The zero-order valence-electron chi connectivity index (χ0n) is 11.0. The summed E-state index contributed by atoms with van der Waals surface area (Å²) in [5.74, 6) is 1.27. The van der Waals surface area contributed by atoms with Crippen LogP contribution in [0, 0.1) is 6.92 Å². The van der Waals surface area contributed by atoms with Gasteiger partial charge in [0.25, 0.3) is 5.82 Å². The van der Waals surface area contributed by atoms with E-state index in [4.69, 9.17) is 0 Å². The van der Waals surface area contributed by atoms with Crippen LogP contribution in [0.15, 0.2) is 12.4 Å². The molecule has 0 bridgehead atoms. The smallest absolute Gasteiger partial charge is 0.248 e. The first-order chi connectivity index (χ1) is 7.84. The summed E-state index contributed by atoms with van der Waals surface area (Å²) in [5, 5.41) is 0. The van der Waals surface area contributed by atoms with Crippen molar-refractivity contribution in [1.29, 1.82) is 0 Å². The summed E-state index contributed by atoms with van der Waals surface area (Å²) in [6, 6.07) is 0. The van der Waals surface area contributed by atoms with Gasteiger partial charge in [0, 0.05) is 6.92 Å². The molecular formula is C14H27N2+. The summed E-state index contributed by atoms with van der Waals surface area (Å²) in [5.41, 5.74) is 0. The van der Waals surface area contributed by atoms with Crippen LogP contribution >= 0.6 is 0 Å². The van der Waals surface area contributed by atoms with Crippen molar-refractivity contribution in [3.8, 4) is 0 Å². The summed E-state index contributed by atoms with van der Waals surface area (Å²) in [6.07, 6.45) is 15.3. The number of nitrogens with one attached hydrogen (secondary N) is 1. The van der Waals surface area contributed by atoms with Crippen molar-refractivity contribution in [2.75, 3.05) is 0 Å². The molecule has 16 heavy (non-hydrogen) atoms. The molecule has 0 spiro atoms. The van der Waals surface area contributed by atoms with Gasteiger partial charge in [-0.15, -0.1) is 0 Å². The van der Waals surface area contributed by atoms with E-state index in [1.165, 1.54) is 63.7 Å². The monoisotopic (exact) mass is 223 g/mol. The maximum Gasteiger partial charge on any atom is 0.251 e. The molecule has 0 aromatic carbocycles. The van der Waals surface area contributed by atoms with E-state index < -0.39 is 0 Å². The van der Waals surface area contributed by atoms with Crippen molar-refractivity contribution in [2.24, 2.45) is 0 Å². The molecule has 2 heteroatoms. The van der Waals surface area contributed by atoms with Crippen molar-refractivity contribution in [3.63, 3.8) is 0 Å². The zero-order valence-corrected chi connectivity index (χ0v) is 11.0. The normalized spacial score (nSPS) is 10.9. The second-order valence-electron chi connectivity index (χ2n) is 4.71. The largest absolute Gasteiger partial charge is 0.251 e. The lowest BCUT2D eigenvalue weighted by molar-refractivity contribution is -0.702. The molecule has 92 valence electrons. The van der Waals surface area contributed by atoms with E-state index in [1.54, 1.807) is 0 Å². The predicted molar refractivity (Wildman–Crippen MR) is 68.3 cm³/mol. The van der Waals surface area contributed by atoms with Gasteiger partial charge in [-0.1, -0.05) is 45.4 Å². The van der Waals surface area contributed by atoms with Crippen molar-refractivity contribution >= 4 is 0 Å². The number of imidazole rings is 1. The molecule has 2 nitrogen and oxygen atoms in total. The van der Waals surface area contributed by atoms with E-state index >= 15 is 0 Å². The van der Waals surface area contributed by atoms with E-state index in [9.17, 15) is 0 Å². The van der Waals surface area contributed by atoms with Gasteiger partial charge < -0.3 is 0 Å². The number of hydrogen-bond acceptors (Lipinski definition) is 0. The first-order valence-electron chi connectivity index (χ1n) is 6.88. The Bertz CT molecular complexity index is 265. The number of unbranched alkanes of at least 4 members (excludes halogenated alkanes) is 7. The number of H-pyrrole nitrogens is 1. The second-order valence-corrected chi connectivity index (χ2v) is 4.71. The van der Waals surface area contributed by atoms with Crippen LogP contribution in [0.2, 0.25) is 0 Å². The fraction of sp³-hybridized carbons (Fsp3) is 0.786. The average molecular weight is 223 g/mol. The predicted octanol–water partition coefficient (Wildman–Crippen LogP) is 3.75. The third-order valence-corrected chi connectivity index (χ3v) is 3.23. The Morgan fingerprint density at radius 3 is 2.19 bits per heavy atom. The van der Waals surface area contributed by atoms with Crippen LogP contribution < -0.4 is 4.57 Å². The lowest BCUT2D eigenvalue weighted by atomic mass is 10.1. The summed E-state index contributed by atoms with van der Waals surface area (Å²) in [7, 11) is 0. The molecular weight excluding hydrogens is 196 g/mol. The molecule has 1 aromatic rings. The van der Waals surface area contributed by atoms with E-state index in [-0.39, 0.29) is 0 Å². The Balaban J connectivity index is 1.91. The lowest BCUT2D eigenvalue weighted by Crippen LogP contribution is -2.34.